The number of ether oxygens (including phenoxy) is 2. The normalized spacial score (nSPS) is 14.1. The molecule has 434 valence electrons. The summed E-state index contributed by atoms with van der Waals surface area (Å²) in [6.07, 6.45) is 79.7. The van der Waals surface area contributed by atoms with Crippen LogP contribution < -0.4 is 4.89 Å². The number of carbonyl (C=O) groups is 2. The zero-order valence-electron chi connectivity index (χ0n) is 49.2. The molecule has 2 unspecified atom stereocenters. The van der Waals surface area contributed by atoms with E-state index in [9.17, 15) is 19.0 Å². The molecule has 0 aromatic heterocycles. The van der Waals surface area contributed by atoms with Gasteiger partial charge in [0.15, 0.2) is 6.10 Å². The lowest BCUT2D eigenvalue weighted by atomic mass is 10.0. The van der Waals surface area contributed by atoms with Gasteiger partial charge in [-0.15, -0.1) is 0 Å². The average Bonchev–Trinajstić information content (AvgIpc) is 3.38. The van der Waals surface area contributed by atoms with E-state index < -0.39 is 26.5 Å². The molecule has 0 saturated carbocycles. The second-order valence-corrected chi connectivity index (χ2v) is 22.4. The third-order valence-corrected chi connectivity index (χ3v) is 13.5. The molecule has 0 N–H and O–H groups in total. The topological polar surface area (TPSA) is 111 Å². The third kappa shape index (κ3) is 59.7. The molecule has 0 radical (unpaired) electrons. The number of likely N-dealkylation sites (N-methyl/N-ethyl adjacent to an activating group) is 1. The van der Waals surface area contributed by atoms with Gasteiger partial charge in [-0.3, -0.25) is 14.2 Å². The quantitative estimate of drug-likeness (QED) is 0.0195. The number of phosphoric ester groups is 1. The molecule has 0 aliphatic carbocycles. The Morgan fingerprint density at radius 1 is 0.421 bits per heavy atom. The van der Waals surface area contributed by atoms with Crippen molar-refractivity contribution in [1.29, 1.82) is 0 Å². The number of allylic oxidation sites excluding steroid dienone is 20. The van der Waals surface area contributed by atoms with Crippen molar-refractivity contribution in [3.63, 3.8) is 0 Å². The van der Waals surface area contributed by atoms with Gasteiger partial charge in [-0.05, 0) is 89.9 Å². The Bertz CT molecular complexity index is 1700. The molecule has 2 atom stereocenters. The van der Waals surface area contributed by atoms with Gasteiger partial charge in [0.2, 0.25) is 0 Å². The zero-order valence-corrected chi connectivity index (χ0v) is 50.0. The predicted molar refractivity (Wildman–Crippen MR) is 323 cm³/mol. The van der Waals surface area contributed by atoms with Crippen molar-refractivity contribution in [2.75, 3.05) is 47.5 Å². The van der Waals surface area contributed by atoms with Gasteiger partial charge in [0.25, 0.3) is 7.82 Å². The Morgan fingerprint density at radius 2 is 0.750 bits per heavy atom. The van der Waals surface area contributed by atoms with Crippen LogP contribution in [-0.4, -0.2) is 70.0 Å². The molecule has 0 fully saturated rings. The minimum Gasteiger partial charge on any atom is -0.756 e. The van der Waals surface area contributed by atoms with Gasteiger partial charge in [-0.2, -0.15) is 0 Å². The third-order valence-electron chi connectivity index (χ3n) is 12.5. The first-order chi connectivity index (χ1) is 37.0. The number of nitrogens with zero attached hydrogens (tertiary/aromatic N) is 1. The van der Waals surface area contributed by atoms with E-state index in [2.05, 4.69) is 135 Å². The van der Waals surface area contributed by atoms with Crippen LogP contribution in [0, 0.1) is 0 Å². The van der Waals surface area contributed by atoms with E-state index in [4.69, 9.17) is 18.5 Å². The monoisotopic (exact) mass is 1080 g/mol. The lowest BCUT2D eigenvalue weighted by molar-refractivity contribution is -0.870. The first-order valence-electron chi connectivity index (χ1n) is 30.2. The van der Waals surface area contributed by atoms with Gasteiger partial charge in [0.05, 0.1) is 27.7 Å². The fourth-order valence-corrected chi connectivity index (χ4v) is 8.59. The summed E-state index contributed by atoms with van der Waals surface area (Å²) in [5, 5.41) is 0. The van der Waals surface area contributed by atoms with Gasteiger partial charge in [-0.1, -0.05) is 251 Å². The van der Waals surface area contributed by atoms with Crippen molar-refractivity contribution in [3.05, 3.63) is 122 Å². The molecule has 0 heterocycles. The summed E-state index contributed by atoms with van der Waals surface area (Å²) in [5.41, 5.74) is 0. The van der Waals surface area contributed by atoms with Crippen LogP contribution in [0.4, 0.5) is 0 Å². The van der Waals surface area contributed by atoms with E-state index in [0.29, 0.717) is 17.4 Å². The van der Waals surface area contributed by atoms with Gasteiger partial charge < -0.3 is 27.9 Å². The molecule has 0 aromatic rings. The average molecular weight is 1080 g/mol. The summed E-state index contributed by atoms with van der Waals surface area (Å²) < 4.78 is 34.1. The fourth-order valence-electron chi connectivity index (χ4n) is 7.86. The second kappa shape index (κ2) is 56.1. The van der Waals surface area contributed by atoms with Crippen LogP contribution in [0.3, 0.4) is 0 Å². The first kappa shape index (κ1) is 72.4. The van der Waals surface area contributed by atoms with Crippen LogP contribution >= 0.6 is 7.82 Å². The number of phosphoric acid groups is 1. The molecule has 0 saturated heterocycles. The molecular weight excluding hydrogens is 966 g/mol. The maximum Gasteiger partial charge on any atom is 0.306 e. The Labute approximate surface area is 467 Å². The zero-order chi connectivity index (χ0) is 55.6. The van der Waals surface area contributed by atoms with E-state index in [-0.39, 0.29) is 32.0 Å². The van der Waals surface area contributed by atoms with E-state index in [1.807, 2.05) is 21.1 Å². The molecular formula is C66H112NO8P. The summed E-state index contributed by atoms with van der Waals surface area (Å²) in [6, 6.07) is 0. The molecule has 0 amide bonds. The van der Waals surface area contributed by atoms with Crippen molar-refractivity contribution >= 4 is 19.8 Å². The van der Waals surface area contributed by atoms with E-state index in [0.717, 1.165) is 109 Å². The number of hydrogen-bond donors (Lipinski definition) is 0. The number of esters is 2. The summed E-state index contributed by atoms with van der Waals surface area (Å²) in [4.78, 5) is 37.8. The van der Waals surface area contributed by atoms with Crippen LogP contribution in [0.2, 0.25) is 0 Å². The molecule has 0 spiro atoms. The Hall–Kier alpha value is -3.59. The molecule has 76 heavy (non-hydrogen) atoms. The highest BCUT2D eigenvalue weighted by atomic mass is 31.2. The molecule has 9 nitrogen and oxygen atoms in total. The Kier molecular flexibility index (Phi) is 53.5. The lowest BCUT2D eigenvalue weighted by Gasteiger charge is -2.28. The van der Waals surface area contributed by atoms with E-state index >= 15 is 0 Å². The molecule has 10 heteroatoms. The van der Waals surface area contributed by atoms with Crippen molar-refractivity contribution in [2.45, 2.75) is 238 Å². The smallest absolute Gasteiger partial charge is 0.306 e. The van der Waals surface area contributed by atoms with E-state index in [1.54, 1.807) is 0 Å². The molecule has 0 aromatic carbocycles. The first-order valence-corrected chi connectivity index (χ1v) is 31.7. The second-order valence-electron chi connectivity index (χ2n) is 21.0. The van der Waals surface area contributed by atoms with Crippen LogP contribution in [0.25, 0.3) is 0 Å². The number of hydrogen-bond acceptors (Lipinski definition) is 8. The Morgan fingerprint density at radius 3 is 1.12 bits per heavy atom. The minimum absolute atomic E-state index is 0.0367. The summed E-state index contributed by atoms with van der Waals surface area (Å²) in [7, 11) is 1.15. The molecule has 0 bridgehead atoms. The summed E-state index contributed by atoms with van der Waals surface area (Å²) in [6.45, 7) is 4.10. The van der Waals surface area contributed by atoms with Gasteiger partial charge in [0, 0.05) is 12.8 Å². The van der Waals surface area contributed by atoms with Crippen molar-refractivity contribution in [1.82, 2.24) is 0 Å². The number of quaternary nitrogens is 1. The SMILES string of the molecule is CC/C=C\C/C=C\C/C=C\C/C=C\C/C=C\C/C=C\C/C=C\C/C=C\C/C=C\C/C=C\CCCCCCCCCCC(=O)OC(COC(=O)CCCCCCCCCCCCCCC)COP(=O)([O-])OCC[N+](C)(C)C. The highest BCUT2D eigenvalue weighted by molar-refractivity contribution is 7.45. The highest BCUT2D eigenvalue weighted by Crippen LogP contribution is 2.38. The molecule has 0 aliphatic rings. The molecule has 0 rings (SSSR count). The van der Waals surface area contributed by atoms with Gasteiger partial charge >= 0.3 is 11.9 Å². The number of rotatable bonds is 54. The van der Waals surface area contributed by atoms with Crippen molar-refractivity contribution < 1.29 is 42.1 Å². The van der Waals surface area contributed by atoms with Gasteiger partial charge in [0.1, 0.15) is 19.8 Å². The van der Waals surface area contributed by atoms with Crippen LogP contribution in [-0.2, 0) is 32.7 Å². The highest BCUT2D eigenvalue weighted by Gasteiger charge is 2.22. The maximum absolute atomic E-state index is 12.8. The number of unbranched alkanes of at least 4 members (excludes halogenated alkanes) is 20. The van der Waals surface area contributed by atoms with Crippen LogP contribution in [0.15, 0.2) is 122 Å². The van der Waals surface area contributed by atoms with Crippen LogP contribution in [0.1, 0.15) is 232 Å². The molecule has 0 aliphatic heterocycles. The van der Waals surface area contributed by atoms with E-state index in [1.165, 1.54) is 89.9 Å². The van der Waals surface area contributed by atoms with Gasteiger partial charge in [-0.25, -0.2) is 0 Å². The summed E-state index contributed by atoms with van der Waals surface area (Å²) >= 11 is 0. The summed E-state index contributed by atoms with van der Waals surface area (Å²) in [5.74, 6) is -0.846. The predicted octanol–water partition coefficient (Wildman–Crippen LogP) is 18.5. The van der Waals surface area contributed by atoms with Crippen molar-refractivity contribution in [3.8, 4) is 0 Å². The standard InChI is InChI=1S/C66H112NO8P/c1-6-8-10-12-14-16-18-20-21-22-23-24-25-26-27-28-29-30-31-32-33-34-35-36-37-38-39-40-41-42-43-44-45-47-49-51-53-55-57-59-66(69)75-64(63-74-76(70,71)73-61-60-67(3,4)5)62-72-65(68)58-56-54-52-50-48-46-19-17-15-13-11-9-7-2/h8,10,14,16,20-21,23-24,26-27,29-30,32-33,35-36,38-39,41-42,64H,6-7,9,11-13,15,17-19,22,25,28,31,34,37,40,43-63H2,1-5H3/b10-8-,16-14-,21-20-,24-23-,27-26-,30-29-,33-32-,36-35-,39-38-,42-41-. The minimum atomic E-state index is -4.64. The lowest BCUT2D eigenvalue weighted by Crippen LogP contribution is -2.37. The van der Waals surface area contributed by atoms with Crippen LogP contribution in [0.5, 0.6) is 0 Å². The maximum atomic E-state index is 12.8. The fraction of sp³-hybridized carbons (Fsp3) is 0.667. The number of carbonyl (C=O) groups excluding carboxylic acids is 2. The Balaban J connectivity index is 4.11. The van der Waals surface area contributed by atoms with Crippen molar-refractivity contribution in [2.24, 2.45) is 0 Å². The largest absolute Gasteiger partial charge is 0.756 e.